The van der Waals surface area contributed by atoms with Gasteiger partial charge in [-0.05, 0) is 36.6 Å². The van der Waals surface area contributed by atoms with E-state index in [0.717, 1.165) is 15.2 Å². The van der Waals surface area contributed by atoms with E-state index in [1.54, 1.807) is 13.0 Å². The van der Waals surface area contributed by atoms with Crippen LogP contribution in [0.3, 0.4) is 0 Å². The number of rotatable bonds is 5. The third-order valence-corrected chi connectivity index (χ3v) is 4.43. The summed E-state index contributed by atoms with van der Waals surface area (Å²) in [7, 11) is 0. The number of nitro groups is 1. The Morgan fingerprint density at radius 3 is 2.35 bits per heavy atom. The molecule has 0 aliphatic heterocycles. The van der Waals surface area contributed by atoms with Gasteiger partial charge < -0.3 is 9.47 Å². The molecule has 0 aliphatic carbocycles. The van der Waals surface area contributed by atoms with Crippen LogP contribution in [0.1, 0.15) is 6.92 Å². The number of halogens is 1. The lowest BCUT2D eigenvalue weighted by Crippen LogP contribution is -2.28. The summed E-state index contributed by atoms with van der Waals surface area (Å²) in [6, 6.07) is 16.6. The third kappa shape index (κ3) is 3.83. The lowest BCUT2D eigenvalue weighted by Gasteiger charge is -2.15. The van der Waals surface area contributed by atoms with Gasteiger partial charge in [-0.15, -0.1) is 0 Å². The van der Waals surface area contributed by atoms with Crippen LogP contribution in [0, 0.1) is 10.1 Å². The van der Waals surface area contributed by atoms with Crippen molar-refractivity contribution in [3.05, 3.63) is 75.3 Å². The molecule has 132 valence electrons. The van der Waals surface area contributed by atoms with Crippen molar-refractivity contribution in [2.45, 2.75) is 13.0 Å². The number of fused-ring (bicyclic) bond motifs is 1. The number of nitrogens with zero attached hydrogens (tertiary/aromatic N) is 1. The minimum absolute atomic E-state index is 0.0473. The molecule has 1 atom stereocenters. The van der Waals surface area contributed by atoms with E-state index in [9.17, 15) is 14.9 Å². The van der Waals surface area contributed by atoms with Gasteiger partial charge in [0.2, 0.25) is 0 Å². The first kappa shape index (κ1) is 17.9. The van der Waals surface area contributed by atoms with Gasteiger partial charge in [-0.3, -0.25) is 10.1 Å². The van der Waals surface area contributed by atoms with Gasteiger partial charge in [0.25, 0.3) is 5.69 Å². The molecule has 3 rings (SSSR count). The average Bonchev–Trinajstić information content (AvgIpc) is 2.64. The van der Waals surface area contributed by atoms with Crippen molar-refractivity contribution in [1.29, 1.82) is 0 Å². The monoisotopic (exact) mass is 415 g/mol. The van der Waals surface area contributed by atoms with Crippen molar-refractivity contribution in [3.63, 3.8) is 0 Å². The Bertz CT molecular complexity index is 971. The fraction of sp³-hybridized carbons (Fsp3) is 0.105. The van der Waals surface area contributed by atoms with Gasteiger partial charge in [0.05, 0.1) is 4.92 Å². The van der Waals surface area contributed by atoms with E-state index < -0.39 is 17.0 Å². The molecule has 0 heterocycles. The second kappa shape index (κ2) is 7.53. The van der Waals surface area contributed by atoms with E-state index in [1.165, 1.54) is 24.3 Å². The van der Waals surface area contributed by atoms with Crippen LogP contribution in [0.5, 0.6) is 11.5 Å². The zero-order valence-corrected chi connectivity index (χ0v) is 15.3. The first-order chi connectivity index (χ1) is 12.5. The smallest absolute Gasteiger partial charge is 0.352 e. The molecule has 0 amide bonds. The van der Waals surface area contributed by atoms with E-state index in [0.29, 0.717) is 11.5 Å². The molecule has 0 saturated carbocycles. The fourth-order valence-electron chi connectivity index (χ4n) is 2.41. The van der Waals surface area contributed by atoms with Crippen LogP contribution in [-0.4, -0.2) is 17.0 Å². The van der Waals surface area contributed by atoms with E-state index in [4.69, 9.17) is 9.47 Å². The molecule has 3 aromatic rings. The Balaban J connectivity index is 1.74. The summed E-state index contributed by atoms with van der Waals surface area (Å²) in [6.07, 6.45) is -0.876. The van der Waals surface area contributed by atoms with E-state index >= 15 is 0 Å². The van der Waals surface area contributed by atoms with Gasteiger partial charge in [0, 0.05) is 22.0 Å². The van der Waals surface area contributed by atoms with E-state index in [-0.39, 0.29) is 5.69 Å². The Morgan fingerprint density at radius 2 is 1.69 bits per heavy atom. The quantitative estimate of drug-likeness (QED) is 0.256. The number of carbonyl (C=O) groups is 1. The first-order valence-electron chi connectivity index (χ1n) is 7.76. The molecule has 0 fully saturated rings. The molecule has 7 heteroatoms. The summed E-state index contributed by atoms with van der Waals surface area (Å²) in [5, 5.41) is 12.4. The highest BCUT2D eigenvalue weighted by Gasteiger charge is 2.19. The molecule has 0 aromatic heterocycles. The predicted octanol–water partition coefficient (Wildman–Crippen LogP) is 4.88. The van der Waals surface area contributed by atoms with Crippen molar-refractivity contribution in [3.8, 4) is 11.5 Å². The molecular weight excluding hydrogens is 402 g/mol. The Kier molecular flexibility index (Phi) is 5.18. The molecule has 0 aliphatic rings. The maximum Gasteiger partial charge on any atom is 0.352 e. The summed E-state index contributed by atoms with van der Waals surface area (Å²) in [6.45, 7) is 1.56. The maximum absolute atomic E-state index is 12.4. The van der Waals surface area contributed by atoms with Crippen LogP contribution in [0.15, 0.2) is 65.1 Å². The van der Waals surface area contributed by atoms with Crippen LogP contribution in [0.2, 0.25) is 0 Å². The summed E-state index contributed by atoms with van der Waals surface area (Å²) >= 11 is 3.47. The van der Waals surface area contributed by atoms with Gasteiger partial charge in [-0.25, -0.2) is 4.79 Å². The Hall–Kier alpha value is -2.93. The largest absolute Gasteiger partial charge is 0.479 e. The van der Waals surface area contributed by atoms with Crippen LogP contribution < -0.4 is 9.47 Å². The number of benzene rings is 3. The van der Waals surface area contributed by atoms with Crippen LogP contribution in [0.4, 0.5) is 5.69 Å². The molecule has 6 nitrogen and oxygen atoms in total. The highest BCUT2D eigenvalue weighted by molar-refractivity contribution is 9.10. The summed E-state index contributed by atoms with van der Waals surface area (Å²) < 4.78 is 11.9. The molecule has 0 spiro atoms. The first-order valence-corrected chi connectivity index (χ1v) is 8.55. The Labute approximate surface area is 157 Å². The van der Waals surface area contributed by atoms with E-state index in [1.807, 2.05) is 30.3 Å². The maximum atomic E-state index is 12.4. The number of hydrogen-bond acceptors (Lipinski definition) is 5. The van der Waals surface area contributed by atoms with Gasteiger partial charge in [-0.1, -0.05) is 40.2 Å². The van der Waals surface area contributed by atoms with Crippen LogP contribution in [0.25, 0.3) is 10.8 Å². The van der Waals surface area contributed by atoms with Crippen molar-refractivity contribution in [1.82, 2.24) is 0 Å². The van der Waals surface area contributed by atoms with Crippen molar-refractivity contribution in [2.24, 2.45) is 0 Å². The Morgan fingerprint density at radius 1 is 1.04 bits per heavy atom. The van der Waals surface area contributed by atoms with Gasteiger partial charge in [0.15, 0.2) is 6.10 Å². The molecule has 0 radical (unpaired) electrons. The summed E-state index contributed by atoms with van der Waals surface area (Å²) in [5.41, 5.74) is -0.0473. The minimum Gasteiger partial charge on any atom is -0.479 e. The standard InChI is InChI=1S/C19H14BrNO5/c1-12(25-14-8-6-13(7-9-14)21(23)24)19(22)26-18-11-10-17(20)15-4-2-3-5-16(15)18/h2-12H,1H3. The average molecular weight is 416 g/mol. The molecule has 0 N–H and O–H groups in total. The van der Waals surface area contributed by atoms with Crippen LogP contribution in [-0.2, 0) is 4.79 Å². The van der Waals surface area contributed by atoms with Crippen molar-refractivity contribution in [2.75, 3.05) is 0 Å². The zero-order valence-electron chi connectivity index (χ0n) is 13.7. The second-order valence-electron chi connectivity index (χ2n) is 5.52. The number of non-ortho nitro benzene ring substituents is 1. The highest BCUT2D eigenvalue weighted by atomic mass is 79.9. The van der Waals surface area contributed by atoms with Crippen molar-refractivity contribution >= 4 is 38.4 Å². The molecule has 1 unspecified atom stereocenters. The minimum atomic E-state index is -0.876. The number of carbonyl (C=O) groups excluding carboxylic acids is 1. The molecule has 26 heavy (non-hydrogen) atoms. The second-order valence-corrected chi connectivity index (χ2v) is 6.38. The molecule has 0 bridgehead atoms. The predicted molar refractivity (Wildman–Crippen MR) is 100 cm³/mol. The fourth-order valence-corrected chi connectivity index (χ4v) is 2.89. The lowest BCUT2D eigenvalue weighted by molar-refractivity contribution is -0.384. The number of esters is 1. The summed E-state index contributed by atoms with van der Waals surface area (Å²) in [4.78, 5) is 22.5. The zero-order chi connectivity index (χ0) is 18.7. The van der Waals surface area contributed by atoms with Crippen LogP contribution >= 0.6 is 15.9 Å². The molecule has 3 aromatic carbocycles. The van der Waals surface area contributed by atoms with E-state index in [2.05, 4.69) is 15.9 Å². The number of ether oxygens (including phenoxy) is 2. The third-order valence-electron chi connectivity index (χ3n) is 3.73. The normalized spacial score (nSPS) is 11.8. The molecule has 0 saturated heterocycles. The molecular formula is C19H14BrNO5. The number of hydrogen-bond donors (Lipinski definition) is 0. The van der Waals surface area contributed by atoms with Gasteiger partial charge in [0.1, 0.15) is 11.5 Å². The highest BCUT2D eigenvalue weighted by Crippen LogP contribution is 2.31. The SMILES string of the molecule is CC(Oc1ccc([N+](=O)[O-])cc1)C(=O)Oc1ccc(Br)c2ccccc12. The number of nitro benzene ring substituents is 1. The van der Waals surface area contributed by atoms with Crippen molar-refractivity contribution < 1.29 is 19.2 Å². The lowest BCUT2D eigenvalue weighted by atomic mass is 10.1. The summed E-state index contributed by atoms with van der Waals surface area (Å²) in [5.74, 6) is 0.226. The van der Waals surface area contributed by atoms with Gasteiger partial charge in [-0.2, -0.15) is 0 Å². The van der Waals surface area contributed by atoms with Gasteiger partial charge >= 0.3 is 5.97 Å². The topological polar surface area (TPSA) is 78.7 Å².